The molecule has 100 valence electrons. The van der Waals surface area contributed by atoms with E-state index in [-0.39, 0.29) is 0 Å². The van der Waals surface area contributed by atoms with Gasteiger partial charge in [0, 0.05) is 26.2 Å². The average molecular weight is 261 g/mol. The SMILES string of the molecule is Nc1cncnc1N1CCN(CC(F)(F)F)CC1. The molecule has 0 spiro atoms. The van der Waals surface area contributed by atoms with E-state index in [0.717, 1.165) is 0 Å². The van der Waals surface area contributed by atoms with Gasteiger partial charge in [0.2, 0.25) is 0 Å². The molecule has 0 aromatic carbocycles. The van der Waals surface area contributed by atoms with Gasteiger partial charge in [0.25, 0.3) is 0 Å². The van der Waals surface area contributed by atoms with E-state index < -0.39 is 12.7 Å². The summed E-state index contributed by atoms with van der Waals surface area (Å²) in [6, 6.07) is 0. The molecule has 0 atom stereocenters. The van der Waals surface area contributed by atoms with E-state index in [4.69, 9.17) is 5.73 Å². The Bertz CT molecular complexity index is 401. The topological polar surface area (TPSA) is 58.3 Å². The van der Waals surface area contributed by atoms with Crippen molar-refractivity contribution in [1.29, 1.82) is 0 Å². The van der Waals surface area contributed by atoms with E-state index >= 15 is 0 Å². The lowest BCUT2D eigenvalue weighted by molar-refractivity contribution is -0.146. The maximum absolute atomic E-state index is 12.2. The summed E-state index contributed by atoms with van der Waals surface area (Å²) in [6.45, 7) is 0.806. The molecule has 0 aliphatic carbocycles. The second-order valence-corrected chi connectivity index (χ2v) is 4.18. The van der Waals surface area contributed by atoms with Crippen LogP contribution in [0.25, 0.3) is 0 Å². The van der Waals surface area contributed by atoms with Crippen molar-refractivity contribution in [2.45, 2.75) is 6.18 Å². The van der Waals surface area contributed by atoms with Gasteiger partial charge in [-0.25, -0.2) is 9.97 Å². The highest BCUT2D eigenvalue weighted by Crippen LogP contribution is 2.21. The summed E-state index contributed by atoms with van der Waals surface area (Å²) in [5.41, 5.74) is 6.17. The fraction of sp³-hybridized carbons (Fsp3) is 0.600. The zero-order chi connectivity index (χ0) is 13.2. The van der Waals surface area contributed by atoms with Crippen molar-refractivity contribution < 1.29 is 13.2 Å². The van der Waals surface area contributed by atoms with Crippen molar-refractivity contribution in [1.82, 2.24) is 14.9 Å². The van der Waals surface area contributed by atoms with Crippen LogP contribution in [-0.2, 0) is 0 Å². The number of aromatic nitrogens is 2. The van der Waals surface area contributed by atoms with Crippen LogP contribution in [-0.4, -0.2) is 53.8 Å². The molecule has 2 N–H and O–H groups in total. The Morgan fingerprint density at radius 2 is 1.89 bits per heavy atom. The Hall–Kier alpha value is -1.57. The normalized spacial score (nSPS) is 18.1. The van der Waals surface area contributed by atoms with E-state index in [1.807, 2.05) is 4.90 Å². The van der Waals surface area contributed by atoms with Crippen molar-refractivity contribution >= 4 is 11.5 Å². The molecule has 1 aliphatic heterocycles. The number of nitrogens with zero attached hydrogens (tertiary/aromatic N) is 4. The quantitative estimate of drug-likeness (QED) is 0.851. The molecule has 1 aromatic heterocycles. The predicted octanol–water partition coefficient (Wildman–Crippen LogP) is 0.743. The number of hydrogen-bond acceptors (Lipinski definition) is 5. The van der Waals surface area contributed by atoms with Gasteiger partial charge in [-0.3, -0.25) is 4.90 Å². The van der Waals surface area contributed by atoms with Crippen molar-refractivity contribution in [3.8, 4) is 0 Å². The Morgan fingerprint density at radius 1 is 1.22 bits per heavy atom. The zero-order valence-corrected chi connectivity index (χ0v) is 9.69. The maximum atomic E-state index is 12.2. The van der Waals surface area contributed by atoms with Gasteiger partial charge < -0.3 is 10.6 Å². The minimum atomic E-state index is -4.14. The van der Waals surface area contributed by atoms with Crippen LogP contribution in [0.1, 0.15) is 0 Å². The van der Waals surface area contributed by atoms with E-state index in [0.29, 0.717) is 37.7 Å². The number of halogens is 3. The molecule has 1 aromatic rings. The minimum Gasteiger partial charge on any atom is -0.394 e. The van der Waals surface area contributed by atoms with Crippen LogP contribution < -0.4 is 10.6 Å². The molecular weight excluding hydrogens is 247 g/mol. The van der Waals surface area contributed by atoms with Crippen LogP contribution in [0, 0.1) is 0 Å². The van der Waals surface area contributed by atoms with Gasteiger partial charge in [0.05, 0.1) is 18.4 Å². The molecule has 0 radical (unpaired) electrons. The number of anilines is 2. The van der Waals surface area contributed by atoms with Crippen LogP contribution in [0.4, 0.5) is 24.7 Å². The Morgan fingerprint density at radius 3 is 2.44 bits per heavy atom. The molecule has 1 saturated heterocycles. The van der Waals surface area contributed by atoms with E-state index in [1.165, 1.54) is 17.4 Å². The summed E-state index contributed by atoms with van der Waals surface area (Å²) in [5.74, 6) is 0.594. The van der Waals surface area contributed by atoms with Crippen molar-refractivity contribution in [3.05, 3.63) is 12.5 Å². The van der Waals surface area contributed by atoms with E-state index in [1.54, 1.807) is 0 Å². The lowest BCUT2D eigenvalue weighted by Crippen LogP contribution is -2.49. The summed E-state index contributed by atoms with van der Waals surface area (Å²) in [7, 11) is 0. The predicted molar refractivity (Wildman–Crippen MR) is 61.2 cm³/mol. The highest BCUT2D eigenvalue weighted by Gasteiger charge is 2.32. The third-order valence-corrected chi connectivity index (χ3v) is 2.79. The highest BCUT2D eigenvalue weighted by atomic mass is 19.4. The summed E-state index contributed by atoms with van der Waals surface area (Å²) in [4.78, 5) is 11.1. The summed E-state index contributed by atoms with van der Waals surface area (Å²) in [5, 5.41) is 0. The lowest BCUT2D eigenvalue weighted by Gasteiger charge is -2.35. The third kappa shape index (κ3) is 3.22. The number of nitrogen functional groups attached to an aromatic ring is 1. The number of hydrogen-bond donors (Lipinski definition) is 1. The molecule has 8 heteroatoms. The maximum Gasteiger partial charge on any atom is 0.401 e. The monoisotopic (exact) mass is 261 g/mol. The van der Waals surface area contributed by atoms with Gasteiger partial charge in [-0.2, -0.15) is 13.2 Å². The summed E-state index contributed by atoms with van der Waals surface area (Å²) >= 11 is 0. The van der Waals surface area contributed by atoms with Crippen LogP contribution in [0.5, 0.6) is 0 Å². The van der Waals surface area contributed by atoms with E-state index in [9.17, 15) is 13.2 Å². The average Bonchev–Trinajstić information content (AvgIpc) is 2.29. The first-order chi connectivity index (χ1) is 8.46. The second kappa shape index (κ2) is 4.97. The minimum absolute atomic E-state index is 0.350. The first-order valence-electron chi connectivity index (χ1n) is 5.55. The smallest absolute Gasteiger partial charge is 0.394 e. The van der Waals surface area contributed by atoms with Crippen molar-refractivity contribution in [3.63, 3.8) is 0 Å². The van der Waals surface area contributed by atoms with Gasteiger partial charge in [0.15, 0.2) is 5.82 Å². The molecule has 0 unspecified atom stereocenters. The molecule has 0 saturated carbocycles. The largest absolute Gasteiger partial charge is 0.401 e. The Labute approximate surface area is 102 Å². The molecule has 18 heavy (non-hydrogen) atoms. The van der Waals surface area contributed by atoms with Crippen LogP contribution in [0.15, 0.2) is 12.5 Å². The number of alkyl halides is 3. The molecular formula is C10H14F3N5. The van der Waals surface area contributed by atoms with Crippen LogP contribution in [0.2, 0.25) is 0 Å². The van der Waals surface area contributed by atoms with Gasteiger partial charge >= 0.3 is 6.18 Å². The Balaban J connectivity index is 1.93. The molecule has 0 amide bonds. The van der Waals surface area contributed by atoms with Crippen LogP contribution >= 0.6 is 0 Å². The van der Waals surface area contributed by atoms with Crippen LogP contribution in [0.3, 0.4) is 0 Å². The Kier molecular flexibility index (Phi) is 3.55. The van der Waals surface area contributed by atoms with Gasteiger partial charge in [-0.1, -0.05) is 0 Å². The molecule has 2 heterocycles. The fourth-order valence-corrected chi connectivity index (χ4v) is 1.97. The van der Waals surface area contributed by atoms with E-state index in [2.05, 4.69) is 9.97 Å². The van der Waals surface area contributed by atoms with Gasteiger partial charge in [-0.05, 0) is 0 Å². The summed E-state index contributed by atoms with van der Waals surface area (Å²) in [6.07, 6.45) is -1.27. The fourth-order valence-electron chi connectivity index (χ4n) is 1.97. The molecule has 0 bridgehead atoms. The molecule has 1 aliphatic rings. The summed E-state index contributed by atoms with van der Waals surface area (Å²) < 4.78 is 36.7. The second-order valence-electron chi connectivity index (χ2n) is 4.18. The number of piperazine rings is 1. The number of rotatable bonds is 2. The first kappa shape index (κ1) is 12.9. The lowest BCUT2D eigenvalue weighted by atomic mass is 10.3. The van der Waals surface area contributed by atoms with Crippen molar-refractivity contribution in [2.75, 3.05) is 43.4 Å². The van der Waals surface area contributed by atoms with Gasteiger partial charge in [0.1, 0.15) is 6.33 Å². The molecule has 2 rings (SSSR count). The van der Waals surface area contributed by atoms with Crippen molar-refractivity contribution in [2.24, 2.45) is 0 Å². The number of nitrogens with two attached hydrogens (primary N) is 1. The molecule has 5 nitrogen and oxygen atoms in total. The third-order valence-electron chi connectivity index (χ3n) is 2.79. The highest BCUT2D eigenvalue weighted by molar-refractivity contribution is 5.61. The zero-order valence-electron chi connectivity index (χ0n) is 9.69. The standard InChI is InChI=1S/C10H14F3N5/c11-10(12,13)6-17-1-3-18(4-2-17)9-8(14)5-15-7-16-9/h5,7H,1-4,6,14H2. The van der Waals surface area contributed by atoms with Gasteiger partial charge in [-0.15, -0.1) is 0 Å². The first-order valence-corrected chi connectivity index (χ1v) is 5.55. The molecule has 1 fully saturated rings.